The molecule has 1 atom stereocenters. The lowest BCUT2D eigenvalue weighted by Crippen LogP contribution is -2.20. The van der Waals surface area contributed by atoms with Gasteiger partial charge in [-0.05, 0) is 26.0 Å². The molecule has 3 rings (SSSR count). The van der Waals surface area contributed by atoms with Gasteiger partial charge in [0.2, 0.25) is 0 Å². The number of ether oxygens (including phenoxy) is 2. The van der Waals surface area contributed by atoms with Gasteiger partial charge in [0, 0.05) is 35.5 Å². The van der Waals surface area contributed by atoms with Crippen molar-refractivity contribution < 1.29 is 40.9 Å². The summed E-state index contributed by atoms with van der Waals surface area (Å²) in [5.74, 6) is -0.387. The molecule has 0 bridgehead atoms. The van der Waals surface area contributed by atoms with Crippen LogP contribution < -0.4 is 9.47 Å². The maximum atomic E-state index is 12.5. The quantitative estimate of drug-likeness (QED) is 0.534. The van der Waals surface area contributed by atoms with E-state index < -0.39 is 31.0 Å². The van der Waals surface area contributed by atoms with Gasteiger partial charge in [-0.15, -0.1) is 13.2 Å². The molecule has 2 aromatic heterocycles. The van der Waals surface area contributed by atoms with E-state index in [9.17, 15) is 31.4 Å². The molecular formula is C19H17F6N3O3. The smallest absolute Gasteiger partial charge is 0.483 e. The fraction of sp³-hybridized carbons (Fsp3) is 0.368. The Morgan fingerprint density at radius 3 is 2.48 bits per heavy atom. The van der Waals surface area contributed by atoms with Crippen molar-refractivity contribution in [3.05, 3.63) is 47.0 Å². The molecule has 0 radical (unpaired) electrons. The summed E-state index contributed by atoms with van der Waals surface area (Å²) >= 11 is 0. The molecule has 0 spiro atoms. The summed E-state index contributed by atoms with van der Waals surface area (Å²) in [5.41, 5.74) is 1.53. The van der Waals surface area contributed by atoms with E-state index in [1.165, 1.54) is 19.2 Å². The van der Waals surface area contributed by atoms with Crippen molar-refractivity contribution in [2.75, 3.05) is 6.61 Å². The zero-order chi connectivity index (χ0) is 23.0. The molecule has 0 fully saturated rings. The topological polar surface area (TPSA) is 80.3 Å². The second-order valence-corrected chi connectivity index (χ2v) is 6.81. The summed E-state index contributed by atoms with van der Waals surface area (Å²) in [6, 6.07) is 3.48. The van der Waals surface area contributed by atoms with E-state index in [4.69, 9.17) is 4.74 Å². The number of aliphatic hydroxyl groups is 1. The van der Waals surface area contributed by atoms with Crippen LogP contribution in [-0.2, 0) is 6.42 Å². The van der Waals surface area contributed by atoms with Gasteiger partial charge in [-0.2, -0.15) is 13.2 Å². The number of nitrogens with zero attached hydrogens (tertiary/aromatic N) is 2. The highest BCUT2D eigenvalue weighted by Gasteiger charge is 2.31. The van der Waals surface area contributed by atoms with Gasteiger partial charge in [0.05, 0.1) is 11.0 Å². The number of H-pyrrole nitrogens is 1. The van der Waals surface area contributed by atoms with E-state index >= 15 is 0 Å². The molecule has 0 saturated heterocycles. The van der Waals surface area contributed by atoms with Gasteiger partial charge in [-0.25, -0.2) is 4.98 Å². The third kappa shape index (κ3) is 5.78. The summed E-state index contributed by atoms with van der Waals surface area (Å²) in [4.78, 5) is 11.0. The van der Waals surface area contributed by atoms with Crippen LogP contribution in [0.3, 0.4) is 0 Å². The van der Waals surface area contributed by atoms with E-state index in [0.29, 0.717) is 16.6 Å². The summed E-state index contributed by atoms with van der Waals surface area (Å²) in [7, 11) is 0. The first kappa shape index (κ1) is 22.7. The minimum Gasteiger partial charge on any atom is -0.483 e. The van der Waals surface area contributed by atoms with Gasteiger partial charge in [-0.1, -0.05) is 0 Å². The minimum absolute atomic E-state index is 0.0214. The largest absolute Gasteiger partial charge is 0.573 e. The highest BCUT2D eigenvalue weighted by molar-refractivity contribution is 5.76. The second-order valence-electron chi connectivity index (χ2n) is 6.81. The van der Waals surface area contributed by atoms with Crippen LogP contribution in [0.2, 0.25) is 0 Å². The number of aromatic amines is 1. The van der Waals surface area contributed by atoms with Crippen molar-refractivity contribution in [3.63, 3.8) is 0 Å². The van der Waals surface area contributed by atoms with Crippen LogP contribution in [0.1, 0.15) is 28.7 Å². The van der Waals surface area contributed by atoms with E-state index in [-0.39, 0.29) is 29.2 Å². The van der Waals surface area contributed by atoms with Gasteiger partial charge in [0.25, 0.3) is 0 Å². The minimum atomic E-state index is -4.85. The van der Waals surface area contributed by atoms with Crippen LogP contribution in [0.15, 0.2) is 24.4 Å². The molecule has 168 valence electrons. The molecule has 12 heteroatoms. The van der Waals surface area contributed by atoms with Crippen LogP contribution in [0.25, 0.3) is 11.0 Å². The fourth-order valence-corrected chi connectivity index (χ4v) is 2.98. The summed E-state index contributed by atoms with van der Waals surface area (Å²) in [5, 5.41) is 10.5. The molecule has 2 N–H and O–H groups in total. The van der Waals surface area contributed by atoms with Crippen molar-refractivity contribution in [1.82, 2.24) is 15.0 Å². The number of hydrogen-bond donors (Lipinski definition) is 2. The molecule has 2 heterocycles. The van der Waals surface area contributed by atoms with E-state index in [1.807, 2.05) is 0 Å². The first-order chi connectivity index (χ1) is 14.3. The summed E-state index contributed by atoms with van der Waals surface area (Å²) < 4.78 is 83.3. The number of alkyl halides is 6. The number of aromatic nitrogens is 3. The number of imidazole rings is 1. The van der Waals surface area contributed by atoms with E-state index in [1.54, 1.807) is 6.92 Å². The third-order valence-electron chi connectivity index (χ3n) is 4.33. The number of halogens is 6. The number of nitrogens with one attached hydrogen (secondary N) is 1. The van der Waals surface area contributed by atoms with Gasteiger partial charge in [0.15, 0.2) is 6.61 Å². The van der Waals surface area contributed by atoms with Crippen molar-refractivity contribution >= 4 is 11.0 Å². The summed E-state index contributed by atoms with van der Waals surface area (Å²) in [6.07, 6.45) is -9.39. The Balaban J connectivity index is 1.81. The third-order valence-corrected chi connectivity index (χ3v) is 4.33. The molecular weight excluding hydrogens is 432 g/mol. The molecule has 0 aliphatic carbocycles. The number of pyridine rings is 1. The number of aryl methyl sites for hydroxylation is 1. The highest BCUT2D eigenvalue weighted by Crippen LogP contribution is 2.30. The summed E-state index contributed by atoms with van der Waals surface area (Å²) in [6.45, 7) is 1.60. The predicted molar refractivity (Wildman–Crippen MR) is 96.7 cm³/mol. The number of benzene rings is 1. The Kier molecular flexibility index (Phi) is 6.03. The normalized spacial score (nSPS) is 13.5. The molecule has 3 aromatic rings. The zero-order valence-corrected chi connectivity index (χ0v) is 16.2. The molecule has 0 saturated carbocycles. The van der Waals surface area contributed by atoms with Gasteiger partial charge >= 0.3 is 12.5 Å². The standard InChI is InChI=1S/C19H17F6N3O3/c1-9-7-26-13(10(2)16(9)30-8-18(20,21)22)6-15(29)17-27-12-4-3-11(5-14(12)28-17)31-19(23,24)25/h3-5,7,15,29H,6,8H2,1-2H3,(H,27,28). The number of fused-ring (bicyclic) bond motifs is 1. The van der Waals surface area contributed by atoms with Gasteiger partial charge < -0.3 is 19.6 Å². The first-order valence-electron chi connectivity index (χ1n) is 8.90. The van der Waals surface area contributed by atoms with Crippen LogP contribution in [0.4, 0.5) is 26.3 Å². The van der Waals surface area contributed by atoms with Gasteiger partial charge in [0.1, 0.15) is 23.4 Å². The van der Waals surface area contributed by atoms with Crippen molar-refractivity contribution in [1.29, 1.82) is 0 Å². The molecule has 1 unspecified atom stereocenters. The Morgan fingerprint density at radius 1 is 1.13 bits per heavy atom. The maximum absolute atomic E-state index is 12.5. The van der Waals surface area contributed by atoms with Gasteiger partial charge in [-0.3, -0.25) is 4.98 Å². The van der Waals surface area contributed by atoms with Crippen LogP contribution in [0.5, 0.6) is 11.5 Å². The van der Waals surface area contributed by atoms with E-state index in [0.717, 1.165) is 12.1 Å². The maximum Gasteiger partial charge on any atom is 0.573 e. The Hall–Kier alpha value is -3.02. The highest BCUT2D eigenvalue weighted by atomic mass is 19.4. The number of rotatable bonds is 6. The van der Waals surface area contributed by atoms with Crippen molar-refractivity contribution in [2.45, 2.75) is 38.9 Å². The molecule has 0 aliphatic rings. The fourth-order valence-electron chi connectivity index (χ4n) is 2.98. The Bertz CT molecular complexity index is 1080. The zero-order valence-electron chi connectivity index (χ0n) is 16.2. The van der Waals surface area contributed by atoms with Crippen molar-refractivity contribution in [2.24, 2.45) is 0 Å². The Labute approximate surface area is 171 Å². The number of aliphatic hydroxyl groups excluding tert-OH is 1. The molecule has 0 aliphatic heterocycles. The molecule has 1 aromatic carbocycles. The average Bonchev–Trinajstić information content (AvgIpc) is 3.05. The average molecular weight is 449 g/mol. The second kappa shape index (κ2) is 8.25. The monoisotopic (exact) mass is 449 g/mol. The van der Waals surface area contributed by atoms with E-state index in [2.05, 4.69) is 19.7 Å². The molecule has 31 heavy (non-hydrogen) atoms. The lowest BCUT2D eigenvalue weighted by Gasteiger charge is -2.17. The molecule has 6 nitrogen and oxygen atoms in total. The van der Waals surface area contributed by atoms with Crippen molar-refractivity contribution in [3.8, 4) is 11.5 Å². The lowest BCUT2D eigenvalue weighted by atomic mass is 10.1. The van der Waals surface area contributed by atoms with Crippen LogP contribution in [0, 0.1) is 13.8 Å². The first-order valence-corrected chi connectivity index (χ1v) is 8.90. The number of hydrogen-bond acceptors (Lipinski definition) is 5. The predicted octanol–water partition coefficient (Wildman–Crippen LogP) is 4.69. The van der Waals surface area contributed by atoms with Crippen LogP contribution >= 0.6 is 0 Å². The lowest BCUT2D eigenvalue weighted by molar-refractivity contribution is -0.274. The Morgan fingerprint density at radius 2 is 1.84 bits per heavy atom. The van der Waals surface area contributed by atoms with Crippen LogP contribution in [-0.4, -0.2) is 39.2 Å². The molecule has 0 amide bonds. The SMILES string of the molecule is Cc1cnc(CC(O)c2nc3cc(OC(F)(F)F)ccc3[nH]2)c(C)c1OCC(F)(F)F.